The van der Waals surface area contributed by atoms with E-state index in [1.807, 2.05) is 66.7 Å². The second-order valence-electron chi connectivity index (χ2n) is 6.85. The Hall–Kier alpha value is -3.12. The molecule has 0 aliphatic carbocycles. The summed E-state index contributed by atoms with van der Waals surface area (Å²) in [5.74, 6) is 0.146. The van der Waals surface area contributed by atoms with Crippen LogP contribution in [0.2, 0.25) is 0 Å². The highest BCUT2D eigenvalue weighted by Gasteiger charge is 2.12. The SMILES string of the molecule is Cn1c(SCC(=O)NCCc2ccccc2)nc2cc3ccccc3cc2c1=O. The van der Waals surface area contributed by atoms with Crippen molar-refractivity contribution < 1.29 is 4.79 Å². The molecule has 0 aliphatic rings. The monoisotopic (exact) mass is 403 g/mol. The molecule has 0 radical (unpaired) electrons. The number of thioether (sulfide) groups is 1. The molecule has 6 heteroatoms. The van der Waals surface area contributed by atoms with E-state index in [1.165, 1.54) is 21.9 Å². The van der Waals surface area contributed by atoms with Gasteiger partial charge in [-0.25, -0.2) is 4.98 Å². The lowest BCUT2D eigenvalue weighted by Crippen LogP contribution is -2.28. The number of benzene rings is 3. The van der Waals surface area contributed by atoms with Crippen molar-refractivity contribution in [3.8, 4) is 0 Å². The molecule has 0 spiro atoms. The van der Waals surface area contributed by atoms with Crippen LogP contribution >= 0.6 is 11.8 Å². The van der Waals surface area contributed by atoms with Crippen LogP contribution in [0, 0.1) is 0 Å². The average molecular weight is 404 g/mol. The first-order valence-electron chi connectivity index (χ1n) is 9.45. The molecule has 146 valence electrons. The number of aromatic nitrogens is 2. The normalized spacial score (nSPS) is 11.1. The second-order valence-corrected chi connectivity index (χ2v) is 7.79. The Morgan fingerprint density at radius 2 is 1.72 bits per heavy atom. The van der Waals surface area contributed by atoms with E-state index < -0.39 is 0 Å². The quantitative estimate of drug-likeness (QED) is 0.304. The molecule has 0 aliphatic heterocycles. The van der Waals surface area contributed by atoms with Gasteiger partial charge < -0.3 is 5.32 Å². The summed E-state index contributed by atoms with van der Waals surface area (Å²) in [5.41, 5.74) is 1.73. The van der Waals surface area contributed by atoms with E-state index in [9.17, 15) is 9.59 Å². The maximum Gasteiger partial charge on any atom is 0.261 e. The summed E-state index contributed by atoms with van der Waals surface area (Å²) in [7, 11) is 1.69. The van der Waals surface area contributed by atoms with Crippen LogP contribution in [0.5, 0.6) is 0 Å². The zero-order valence-electron chi connectivity index (χ0n) is 16.1. The summed E-state index contributed by atoms with van der Waals surface area (Å²) in [6.45, 7) is 0.583. The molecular formula is C23H21N3O2S. The van der Waals surface area contributed by atoms with Crippen molar-refractivity contribution in [2.45, 2.75) is 11.6 Å². The van der Waals surface area contributed by atoms with Gasteiger partial charge in [-0.05, 0) is 34.9 Å². The lowest BCUT2D eigenvalue weighted by atomic mass is 10.1. The summed E-state index contributed by atoms with van der Waals surface area (Å²) < 4.78 is 1.51. The van der Waals surface area contributed by atoms with Crippen LogP contribution in [-0.4, -0.2) is 27.8 Å². The van der Waals surface area contributed by atoms with Gasteiger partial charge in [-0.15, -0.1) is 0 Å². The van der Waals surface area contributed by atoms with Gasteiger partial charge in [-0.2, -0.15) is 0 Å². The molecule has 0 saturated heterocycles. The summed E-state index contributed by atoms with van der Waals surface area (Å²) in [6, 6.07) is 21.7. The van der Waals surface area contributed by atoms with Crippen molar-refractivity contribution in [2.24, 2.45) is 7.05 Å². The minimum atomic E-state index is -0.104. The summed E-state index contributed by atoms with van der Waals surface area (Å²) in [5, 5.41) is 6.09. The molecule has 0 bridgehead atoms. The largest absolute Gasteiger partial charge is 0.355 e. The minimum Gasteiger partial charge on any atom is -0.355 e. The average Bonchev–Trinajstić information content (AvgIpc) is 2.75. The third-order valence-corrected chi connectivity index (χ3v) is 5.84. The Labute approximate surface area is 172 Å². The van der Waals surface area contributed by atoms with Crippen LogP contribution in [0.3, 0.4) is 0 Å². The van der Waals surface area contributed by atoms with Crippen LogP contribution in [-0.2, 0) is 18.3 Å². The number of rotatable bonds is 6. The molecule has 1 amide bonds. The molecule has 1 heterocycles. The molecule has 0 fully saturated rings. The van der Waals surface area contributed by atoms with Gasteiger partial charge in [0.05, 0.1) is 16.7 Å². The molecule has 5 nitrogen and oxygen atoms in total. The van der Waals surface area contributed by atoms with E-state index in [0.717, 1.165) is 17.2 Å². The number of nitrogens with zero attached hydrogens (tertiary/aromatic N) is 2. The van der Waals surface area contributed by atoms with E-state index in [1.54, 1.807) is 7.05 Å². The molecule has 0 atom stereocenters. The third-order valence-electron chi connectivity index (χ3n) is 4.81. The molecule has 3 aromatic carbocycles. The summed E-state index contributed by atoms with van der Waals surface area (Å²) in [6.07, 6.45) is 0.789. The molecule has 1 aromatic heterocycles. The van der Waals surface area contributed by atoms with Crippen LogP contribution in [0.4, 0.5) is 0 Å². The number of hydrogen-bond acceptors (Lipinski definition) is 4. The second kappa shape index (κ2) is 8.49. The first-order valence-corrected chi connectivity index (χ1v) is 10.4. The Balaban J connectivity index is 1.46. The number of nitrogens with one attached hydrogen (secondary N) is 1. The van der Waals surface area contributed by atoms with Gasteiger partial charge >= 0.3 is 0 Å². The van der Waals surface area contributed by atoms with Crippen molar-refractivity contribution in [3.63, 3.8) is 0 Å². The predicted octanol–water partition coefficient (Wildman–Crippen LogP) is 3.54. The van der Waals surface area contributed by atoms with Crippen molar-refractivity contribution in [1.82, 2.24) is 14.9 Å². The minimum absolute atomic E-state index is 0.0706. The lowest BCUT2D eigenvalue weighted by Gasteiger charge is -2.10. The van der Waals surface area contributed by atoms with Crippen molar-refractivity contribution in [3.05, 3.63) is 82.6 Å². The molecule has 4 rings (SSSR count). The van der Waals surface area contributed by atoms with Gasteiger partial charge in [0.2, 0.25) is 5.91 Å². The standard InChI is InChI=1S/C23H21N3O2S/c1-26-22(28)19-13-17-9-5-6-10-18(17)14-20(19)25-23(26)29-15-21(27)24-12-11-16-7-3-2-4-8-16/h2-10,13-14H,11-12,15H2,1H3,(H,24,27). The highest BCUT2D eigenvalue weighted by Crippen LogP contribution is 2.22. The fourth-order valence-electron chi connectivity index (χ4n) is 3.24. The Kier molecular flexibility index (Phi) is 5.62. The van der Waals surface area contributed by atoms with Gasteiger partial charge in [0.15, 0.2) is 5.16 Å². The van der Waals surface area contributed by atoms with Crippen molar-refractivity contribution in [2.75, 3.05) is 12.3 Å². The molecular weight excluding hydrogens is 382 g/mol. The Morgan fingerprint density at radius 3 is 2.48 bits per heavy atom. The van der Waals surface area contributed by atoms with E-state index in [0.29, 0.717) is 22.6 Å². The number of carbonyl (C=O) groups excluding carboxylic acids is 1. The molecule has 4 aromatic rings. The fraction of sp³-hybridized carbons (Fsp3) is 0.174. The highest BCUT2D eigenvalue weighted by molar-refractivity contribution is 7.99. The molecule has 1 N–H and O–H groups in total. The first-order chi connectivity index (χ1) is 14.1. The maximum absolute atomic E-state index is 12.8. The highest BCUT2D eigenvalue weighted by atomic mass is 32.2. The van der Waals surface area contributed by atoms with Crippen LogP contribution in [0.15, 0.2) is 76.7 Å². The zero-order chi connectivity index (χ0) is 20.2. The lowest BCUT2D eigenvalue weighted by molar-refractivity contribution is -0.118. The zero-order valence-corrected chi connectivity index (χ0v) is 16.9. The Bertz CT molecular complexity index is 1240. The van der Waals surface area contributed by atoms with Gasteiger partial charge in [-0.1, -0.05) is 66.4 Å². The predicted molar refractivity (Wildman–Crippen MR) is 118 cm³/mol. The van der Waals surface area contributed by atoms with Crippen LogP contribution < -0.4 is 10.9 Å². The summed E-state index contributed by atoms with van der Waals surface area (Å²) >= 11 is 1.28. The van der Waals surface area contributed by atoms with Crippen LogP contribution in [0.1, 0.15) is 5.56 Å². The van der Waals surface area contributed by atoms with Crippen molar-refractivity contribution >= 4 is 39.3 Å². The fourth-order valence-corrected chi connectivity index (χ4v) is 4.04. The van der Waals surface area contributed by atoms with Gasteiger partial charge in [0.1, 0.15) is 0 Å². The van der Waals surface area contributed by atoms with Gasteiger partial charge in [0.25, 0.3) is 5.56 Å². The molecule has 0 saturated carbocycles. The van der Waals surface area contributed by atoms with Crippen LogP contribution in [0.25, 0.3) is 21.7 Å². The van der Waals surface area contributed by atoms with E-state index in [4.69, 9.17) is 0 Å². The maximum atomic E-state index is 12.8. The van der Waals surface area contributed by atoms with E-state index in [2.05, 4.69) is 10.3 Å². The topological polar surface area (TPSA) is 64.0 Å². The number of hydrogen-bond donors (Lipinski definition) is 1. The number of amides is 1. The Morgan fingerprint density at radius 1 is 1.03 bits per heavy atom. The molecule has 0 unspecified atom stereocenters. The van der Waals surface area contributed by atoms with E-state index >= 15 is 0 Å². The number of fused-ring (bicyclic) bond motifs is 2. The third kappa shape index (κ3) is 4.32. The summed E-state index contributed by atoms with van der Waals surface area (Å²) in [4.78, 5) is 29.6. The smallest absolute Gasteiger partial charge is 0.261 e. The first kappa shape index (κ1) is 19.2. The molecule has 29 heavy (non-hydrogen) atoms. The van der Waals surface area contributed by atoms with Crippen molar-refractivity contribution in [1.29, 1.82) is 0 Å². The van der Waals surface area contributed by atoms with Gasteiger partial charge in [-0.3, -0.25) is 14.2 Å². The number of carbonyl (C=O) groups is 1. The van der Waals surface area contributed by atoms with E-state index in [-0.39, 0.29) is 17.2 Å². The van der Waals surface area contributed by atoms with Gasteiger partial charge in [0, 0.05) is 13.6 Å².